The van der Waals surface area contributed by atoms with Crippen molar-refractivity contribution in [3.8, 4) is 11.4 Å². The minimum Gasteiger partial charge on any atom is -0.388 e. The highest BCUT2D eigenvalue weighted by molar-refractivity contribution is 6.30. The molecular weight excluding hydrogens is 470 g/mol. The molecule has 11 heteroatoms. The third-order valence-electron chi connectivity index (χ3n) is 5.59. The summed E-state index contributed by atoms with van der Waals surface area (Å²) < 4.78 is 7.48. The standard InChI is InChI=1S/C24H22ClN7O3/c1-2-27-23(34)18-9-17(33)24(35-18)32-13-29-19-21(28-10-14-6-4-3-5-7-14)30-20(31-22(19)32)15-8-16(25)12-26-11-15/h2-8,11-13,17-18,24,33H,1,9-10H2,(H,27,34)(H,28,30,31)/t17-,18+,24-/m1/s1. The van der Waals surface area contributed by atoms with Crippen molar-refractivity contribution in [1.29, 1.82) is 0 Å². The Morgan fingerprint density at radius 3 is 2.89 bits per heavy atom. The molecule has 3 atom stereocenters. The maximum atomic E-state index is 12.2. The highest BCUT2D eigenvalue weighted by Crippen LogP contribution is 2.33. The monoisotopic (exact) mass is 491 g/mol. The summed E-state index contributed by atoms with van der Waals surface area (Å²) in [6.45, 7) is 4.00. The van der Waals surface area contributed by atoms with Gasteiger partial charge in [0.1, 0.15) is 12.2 Å². The second-order valence-corrected chi connectivity index (χ2v) is 8.42. The highest BCUT2D eigenvalue weighted by Gasteiger charge is 2.39. The molecule has 3 aromatic heterocycles. The molecule has 0 saturated carbocycles. The third-order valence-corrected chi connectivity index (χ3v) is 5.79. The van der Waals surface area contributed by atoms with E-state index in [1.165, 1.54) is 18.7 Å². The lowest BCUT2D eigenvalue weighted by atomic mass is 10.2. The fourth-order valence-electron chi connectivity index (χ4n) is 3.93. The van der Waals surface area contributed by atoms with Crippen LogP contribution in [0, 0.1) is 0 Å². The lowest BCUT2D eigenvalue weighted by Crippen LogP contribution is -2.30. The largest absolute Gasteiger partial charge is 0.388 e. The fraction of sp³-hybridized carbons (Fsp3) is 0.208. The third kappa shape index (κ3) is 4.72. The van der Waals surface area contributed by atoms with Gasteiger partial charge in [0.25, 0.3) is 5.91 Å². The lowest BCUT2D eigenvalue weighted by Gasteiger charge is -2.17. The molecule has 1 saturated heterocycles. The van der Waals surface area contributed by atoms with Crippen molar-refractivity contribution in [3.05, 3.63) is 78.5 Å². The number of nitrogens with zero attached hydrogens (tertiary/aromatic N) is 5. The fourth-order valence-corrected chi connectivity index (χ4v) is 4.11. The van der Waals surface area contributed by atoms with Gasteiger partial charge >= 0.3 is 0 Å². The number of carbonyl (C=O) groups is 1. The summed E-state index contributed by atoms with van der Waals surface area (Å²) in [5.41, 5.74) is 2.61. The topological polar surface area (TPSA) is 127 Å². The van der Waals surface area contributed by atoms with Crippen LogP contribution in [0.4, 0.5) is 5.82 Å². The average Bonchev–Trinajstić information content (AvgIpc) is 3.46. The van der Waals surface area contributed by atoms with Crippen molar-refractivity contribution in [3.63, 3.8) is 0 Å². The number of ether oxygens (including phenoxy) is 1. The molecule has 0 radical (unpaired) electrons. The van der Waals surface area contributed by atoms with E-state index >= 15 is 0 Å². The summed E-state index contributed by atoms with van der Waals surface area (Å²) in [7, 11) is 0. The second-order valence-electron chi connectivity index (χ2n) is 7.98. The number of hydrogen-bond acceptors (Lipinski definition) is 8. The minimum atomic E-state index is -0.944. The number of carbonyl (C=O) groups excluding carboxylic acids is 1. The first-order chi connectivity index (χ1) is 17.0. The van der Waals surface area contributed by atoms with E-state index < -0.39 is 18.4 Å². The molecule has 1 fully saturated rings. The molecule has 4 heterocycles. The number of rotatable bonds is 7. The number of hydrogen-bond donors (Lipinski definition) is 3. The van der Waals surface area contributed by atoms with Crippen LogP contribution < -0.4 is 10.6 Å². The van der Waals surface area contributed by atoms with Crippen LogP contribution in [0.2, 0.25) is 5.02 Å². The van der Waals surface area contributed by atoms with Gasteiger partial charge in [-0.15, -0.1) is 0 Å². The van der Waals surface area contributed by atoms with E-state index in [1.807, 2.05) is 30.3 Å². The van der Waals surface area contributed by atoms with Crippen LogP contribution in [0.3, 0.4) is 0 Å². The number of anilines is 1. The molecule has 3 N–H and O–H groups in total. The predicted molar refractivity (Wildman–Crippen MR) is 130 cm³/mol. The Kier molecular flexibility index (Phi) is 6.41. The average molecular weight is 492 g/mol. The molecule has 0 bridgehead atoms. The van der Waals surface area contributed by atoms with Crippen LogP contribution in [0.5, 0.6) is 0 Å². The molecule has 4 aromatic rings. The van der Waals surface area contributed by atoms with Gasteiger partial charge in [-0.25, -0.2) is 15.0 Å². The Bertz CT molecular complexity index is 1380. The number of pyridine rings is 1. The molecule has 1 aliphatic rings. The number of fused-ring (bicyclic) bond motifs is 1. The molecule has 178 valence electrons. The summed E-state index contributed by atoms with van der Waals surface area (Å²) in [6, 6.07) is 11.6. The normalized spacial score (nSPS) is 19.5. The quantitative estimate of drug-likeness (QED) is 0.360. The van der Waals surface area contributed by atoms with Crippen LogP contribution in [0.25, 0.3) is 22.6 Å². The van der Waals surface area contributed by atoms with Crippen molar-refractivity contribution >= 4 is 34.5 Å². The van der Waals surface area contributed by atoms with Gasteiger partial charge in [0.2, 0.25) is 0 Å². The first-order valence-electron chi connectivity index (χ1n) is 10.9. The van der Waals surface area contributed by atoms with E-state index in [4.69, 9.17) is 21.3 Å². The maximum absolute atomic E-state index is 12.2. The number of nitrogens with one attached hydrogen (secondary N) is 2. The molecule has 1 aromatic carbocycles. The Balaban J connectivity index is 1.55. The van der Waals surface area contributed by atoms with Gasteiger partial charge in [-0.1, -0.05) is 48.5 Å². The maximum Gasteiger partial charge on any atom is 0.253 e. The number of aromatic nitrogens is 5. The number of benzene rings is 1. The molecular formula is C24H22ClN7O3. The van der Waals surface area contributed by atoms with Gasteiger partial charge in [-0.2, -0.15) is 0 Å². The second kappa shape index (κ2) is 9.79. The summed E-state index contributed by atoms with van der Waals surface area (Å²) >= 11 is 6.15. The van der Waals surface area contributed by atoms with Gasteiger partial charge < -0.3 is 20.5 Å². The van der Waals surface area contributed by atoms with Crippen molar-refractivity contribution in [1.82, 2.24) is 29.8 Å². The van der Waals surface area contributed by atoms with E-state index in [0.717, 1.165) is 5.56 Å². The Labute approximate surface area is 205 Å². The zero-order valence-electron chi connectivity index (χ0n) is 18.5. The zero-order valence-corrected chi connectivity index (χ0v) is 19.3. The molecule has 5 rings (SSSR count). The van der Waals surface area contributed by atoms with E-state index in [1.54, 1.807) is 16.8 Å². The Hall–Kier alpha value is -3.86. The lowest BCUT2D eigenvalue weighted by molar-refractivity contribution is -0.133. The molecule has 0 aliphatic carbocycles. The number of imidazole rings is 1. The van der Waals surface area contributed by atoms with Crippen molar-refractivity contribution in [2.24, 2.45) is 0 Å². The number of halogens is 1. The van der Waals surface area contributed by atoms with Gasteiger partial charge in [-0.3, -0.25) is 14.3 Å². The van der Waals surface area contributed by atoms with Gasteiger partial charge in [0.15, 0.2) is 29.0 Å². The van der Waals surface area contributed by atoms with Crippen LogP contribution in [-0.4, -0.2) is 47.7 Å². The van der Waals surface area contributed by atoms with Crippen molar-refractivity contribution < 1.29 is 14.6 Å². The van der Waals surface area contributed by atoms with E-state index in [9.17, 15) is 9.90 Å². The number of amides is 1. The summed E-state index contributed by atoms with van der Waals surface area (Å²) in [6.07, 6.45) is 3.43. The molecule has 0 unspecified atom stereocenters. The minimum absolute atomic E-state index is 0.124. The Morgan fingerprint density at radius 1 is 1.29 bits per heavy atom. The molecule has 0 spiro atoms. The summed E-state index contributed by atoms with van der Waals surface area (Å²) in [5.74, 6) is 0.496. The van der Waals surface area contributed by atoms with E-state index in [2.05, 4.69) is 32.2 Å². The molecule has 1 aliphatic heterocycles. The highest BCUT2D eigenvalue weighted by atomic mass is 35.5. The zero-order chi connectivity index (χ0) is 24.4. The summed E-state index contributed by atoms with van der Waals surface area (Å²) in [4.78, 5) is 30.2. The SMILES string of the molecule is C=CNC(=O)[C@@H]1C[C@@H](O)[C@H](n2cnc3c(NCc4ccccc4)nc(-c4cncc(Cl)c4)nc32)O1. The predicted octanol–water partition coefficient (Wildman–Crippen LogP) is 3.06. The van der Waals surface area contributed by atoms with Gasteiger partial charge in [0.05, 0.1) is 11.3 Å². The molecule has 10 nitrogen and oxygen atoms in total. The first-order valence-corrected chi connectivity index (χ1v) is 11.3. The first kappa shape index (κ1) is 22.9. The van der Waals surface area contributed by atoms with Crippen molar-refractivity contribution in [2.45, 2.75) is 31.4 Å². The smallest absolute Gasteiger partial charge is 0.253 e. The van der Waals surface area contributed by atoms with Crippen LogP contribution >= 0.6 is 11.6 Å². The molecule has 1 amide bonds. The molecule has 35 heavy (non-hydrogen) atoms. The van der Waals surface area contributed by atoms with Crippen molar-refractivity contribution in [2.75, 3.05) is 5.32 Å². The van der Waals surface area contributed by atoms with E-state index in [-0.39, 0.29) is 12.3 Å². The Morgan fingerprint density at radius 2 is 2.11 bits per heavy atom. The van der Waals surface area contributed by atoms with Crippen LogP contribution in [0.15, 0.2) is 67.9 Å². The number of aliphatic hydroxyl groups is 1. The van der Waals surface area contributed by atoms with E-state index in [0.29, 0.717) is 39.9 Å². The van der Waals surface area contributed by atoms with Gasteiger partial charge in [-0.05, 0) is 17.8 Å². The summed E-state index contributed by atoms with van der Waals surface area (Å²) in [5, 5.41) is 17.0. The van der Waals surface area contributed by atoms with Crippen LogP contribution in [0.1, 0.15) is 18.2 Å². The number of aliphatic hydroxyl groups excluding tert-OH is 1. The van der Waals surface area contributed by atoms with Gasteiger partial charge in [0, 0.05) is 30.9 Å². The van der Waals surface area contributed by atoms with Crippen LogP contribution in [-0.2, 0) is 16.1 Å².